The largest absolute Gasteiger partial charge is 0.364 e. The van der Waals surface area contributed by atoms with E-state index in [4.69, 9.17) is 4.74 Å². The van der Waals surface area contributed by atoms with Crippen LogP contribution in [-0.2, 0) is 9.53 Å². The van der Waals surface area contributed by atoms with Crippen LogP contribution in [-0.4, -0.2) is 38.3 Å². The highest BCUT2D eigenvalue weighted by Crippen LogP contribution is 1.97. The molecule has 0 aliphatic carbocycles. The van der Waals surface area contributed by atoms with Crippen LogP contribution in [0.5, 0.6) is 0 Å². The van der Waals surface area contributed by atoms with Gasteiger partial charge in [-0.25, -0.2) is 0 Å². The first-order valence-electron chi connectivity index (χ1n) is 4.80. The zero-order valence-electron chi connectivity index (χ0n) is 9.17. The van der Waals surface area contributed by atoms with E-state index in [-0.39, 0.29) is 12.0 Å². The van der Waals surface area contributed by atoms with Crippen LogP contribution in [0.4, 0.5) is 0 Å². The molecule has 2 unspecified atom stereocenters. The van der Waals surface area contributed by atoms with Gasteiger partial charge in [0.05, 0.1) is 6.10 Å². The maximum absolute atomic E-state index is 11.3. The third kappa shape index (κ3) is 5.72. The van der Waals surface area contributed by atoms with Gasteiger partial charge in [-0.2, -0.15) is 0 Å². The van der Waals surface area contributed by atoms with Crippen molar-refractivity contribution in [3.8, 4) is 0 Å². The van der Waals surface area contributed by atoms with Crippen molar-refractivity contribution in [3.05, 3.63) is 12.7 Å². The van der Waals surface area contributed by atoms with Crippen LogP contribution in [0.3, 0.4) is 0 Å². The Hall–Kier alpha value is -0.870. The Morgan fingerprint density at radius 2 is 2.21 bits per heavy atom. The summed E-state index contributed by atoms with van der Waals surface area (Å²) in [6, 6.07) is 0. The molecule has 0 aromatic heterocycles. The number of rotatable bonds is 7. The molecule has 0 fully saturated rings. The van der Waals surface area contributed by atoms with Crippen molar-refractivity contribution >= 4 is 5.91 Å². The highest BCUT2D eigenvalue weighted by Gasteiger charge is 2.14. The number of amides is 1. The van der Waals surface area contributed by atoms with Crippen molar-refractivity contribution in [1.29, 1.82) is 0 Å². The standard InChI is InChI=1S/C10H20N2O2/c1-5-6-12-10(13)9(3)14-8(2)7-11-4/h5,8-9,11H,1,6-7H2,2-4H3,(H,12,13). The molecule has 4 nitrogen and oxygen atoms in total. The topological polar surface area (TPSA) is 50.4 Å². The number of carbonyl (C=O) groups is 1. The second-order valence-corrected chi connectivity index (χ2v) is 3.18. The SMILES string of the molecule is C=CCNC(=O)C(C)OC(C)CNC. The van der Waals surface area contributed by atoms with Gasteiger partial charge >= 0.3 is 0 Å². The van der Waals surface area contributed by atoms with Crippen molar-refractivity contribution < 1.29 is 9.53 Å². The fourth-order valence-electron chi connectivity index (χ4n) is 1.06. The Balaban J connectivity index is 3.75. The molecule has 82 valence electrons. The lowest BCUT2D eigenvalue weighted by atomic mass is 10.3. The number of likely N-dealkylation sites (N-methyl/N-ethyl adjacent to an activating group) is 1. The van der Waals surface area contributed by atoms with Crippen LogP contribution in [0.15, 0.2) is 12.7 Å². The molecule has 0 aliphatic rings. The summed E-state index contributed by atoms with van der Waals surface area (Å²) in [4.78, 5) is 11.3. The minimum absolute atomic E-state index is 0.0319. The summed E-state index contributed by atoms with van der Waals surface area (Å²) >= 11 is 0. The number of hydrogen-bond acceptors (Lipinski definition) is 3. The molecule has 0 bridgehead atoms. The molecular formula is C10H20N2O2. The van der Waals surface area contributed by atoms with Gasteiger partial charge in [-0.3, -0.25) is 4.79 Å². The molecule has 0 saturated carbocycles. The summed E-state index contributed by atoms with van der Waals surface area (Å²) in [5, 5.41) is 5.66. The van der Waals surface area contributed by atoms with Crippen molar-refractivity contribution in [3.63, 3.8) is 0 Å². The minimum atomic E-state index is -0.418. The quantitative estimate of drug-likeness (QED) is 0.581. The van der Waals surface area contributed by atoms with Crippen molar-refractivity contribution in [2.75, 3.05) is 20.1 Å². The Morgan fingerprint density at radius 3 is 2.71 bits per heavy atom. The van der Waals surface area contributed by atoms with Crippen molar-refractivity contribution in [2.45, 2.75) is 26.1 Å². The normalized spacial score (nSPS) is 14.5. The van der Waals surface area contributed by atoms with E-state index >= 15 is 0 Å². The predicted molar refractivity (Wildman–Crippen MR) is 57.1 cm³/mol. The average molecular weight is 200 g/mol. The molecule has 0 radical (unpaired) electrons. The van der Waals surface area contributed by atoms with Crippen molar-refractivity contribution in [2.24, 2.45) is 0 Å². The predicted octanol–water partition coefficient (Wildman–Crippen LogP) is 0.302. The zero-order valence-corrected chi connectivity index (χ0v) is 9.17. The second kappa shape index (κ2) is 7.53. The Bertz CT molecular complexity index is 183. The monoisotopic (exact) mass is 200 g/mol. The first-order valence-corrected chi connectivity index (χ1v) is 4.80. The van der Waals surface area contributed by atoms with Crippen LogP contribution >= 0.6 is 0 Å². The highest BCUT2D eigenvalue weighted by molar-refractivity contribution is 5.80. The molecule has 14 heavy (non-hydrogen) atoms. The smallest absolute Gasteiger partial charge is 0.249 e. The molecule has 0 saturated heterocycles. The zero-order chi connectivity index (χ0) is 11.0. The fourth-order valence-corrected chi connectivity index (χ4v) is 1.06. The molecular weight excluding hydrogens is 180 g/mol. The Labute approximate surface area is 85.7 Å². The minimum Gasteiger partial charge on any atom is -0.364 e. The summed E-state index contributed by atoms with van der Waals surface area (Å²) in [6.07, 6.45) is 1.25. The van der Waals surface area contributed by atoms with Gasteiger partial charge in [0.2, 0.25) is 5.91 Å². The molecule has 4 heteroatoms. The van der Waals surface area contributed by atoms with Gasteiger partial charge in [-0.1, -0.05) is 6.08 Å². The average Bonchev–Trinajstić information content (AvgIpc) is 2.14. The first-order chi connectivity index (χ1) is 6.61. The van der Waals surface area contributed by atoms with Gasteiger partial charge in [0, 0.05) is 13.1 Å². The molecule has 0 aromatic carbocycles. The summed E-state index contributed by atoms with van der Waals surface area (Å²) in [6.45, 7) is 8.40. The van der Waals surface area contributed by atoms with E-state index in [0.29, 0.717) is 6.54 Å². The maximum Gasteiger partial charge on any atom is 0.249 e. The van der Waals surface area contributed by atoms with E-state index in [9.17, 15) is 4.79 Å². The molecule has 0 aliphatic heterocycles. The van der Waals surface area contributed by atoms with Gasteiger partial charge in [0.1, 0.15) is 6.10 Å². The van der Waals surface area contributed by atoms with E-state index < -0.39 is 6.10 Å². The van der Waals surface area contributed by atoms with Gasteiger partial charge in [-0.05, 0) is 20.9 Å². The lowest BCUT2D eigenvalue weighted by Crippen LogP contribution is -2.38. The molecule has 2 N–H and O–H groups in total. The highest BCUT2D eigenvalue weighted by atomic mass is 16.5. The summed E-state index contributed by atoms with van der Waals surface area (Å²) in [5.74, 6) is -0.104. The maximum atomic E-state index is 11.3. The number of ether oxygens (including phenoxy) is 1. The Morgan fingerprint density at radius 1 is 1.57 bits per heavy atom. The lowest BCUT2D eigenvalue weighted by molar-refractivity contribution is -0.134. The lowest BCUT2D eigenvalue weighted by Gasteiger charge is -2.18. The van der Waals surface area contributed by atoms with E-state index in [2.05, 4.69) is 17.2 Å². The summed E-state index contributed by atoms with van der Waals surface area (Å²) < 4.78 is 5.44. The number of carbonyl (C=O) groups excluding carboxylic acids is 1. The van der Waals surface area contributed by atoms with Crippen LogP contribution in [0, 0.1) is 0 Å². The molecule has 0 aromatic rings. The van der Waals surface area contributed by atoms with E-state index in [1.807, 2.05) is 14.0 Å². The number of nitrogens with one attached hydrogen (secondary N) is 2. The van der Waals surface area contributed by atoms with Crippen LogP contribution in [0.25, 0.3) is 0 Å². The third-order valence-electron chi connectivity index (χ3n) is 1.72. The summed E-state index contributed by atoms with van der Waals surface area (Å²) in [5.41, 5.74) is 0. The molecule has 0 spiro atoms. The van der Waals surface area contributed by atoms with E-state index in [1.165, 1.54) is 0 Å². The molecule has 2 atom stereocenters. The van der Waals surface area contributed by atoms with Gasteiger partial charge in [-0.15, -0.1) is 6.58 Å². The van der Waals surface area contributed by atoms with Gasteiger partial charge in [0.15, 0.2) is 0 Å². The van der Waals surface area contributed by atoms with Gasteiger partial charge < -0.3 is 15.4 Å². The van der Waals surface area contributed by atoms with Gasteiger partial charge in [0.25, 0.3) is 0 Å². The summed E-state index contributed by atoms with van der Waals surface area (Å²) in [7, 11) is 1.85. The molecule has 0 heterocycles. The molecule has 1 amide bonds. The first kappa shape index (κ1) is 13.1. The Kier molecular flexibility index (Phi) is 7.06. The van der Waals surface area contributed by atoms with Crippen LogP contribution in [0.1, 0.15) is 13.8 Å². The van der Waals surface area contributed by atoms with Crippen LogP contribution in [0.2, 0.25) is 0 Å². The fraction of sp³-hybridized carbons (Fsp3) is 0.700. The molecule has 0 rings (SSSR count). The number of hydrogen-bond donors (Lipinski definition) is 2. The van der Waals surface area contributed by atoms with Crippen LogP contribution < -0.4 is 10.6 Å². The third-order valence-corrected chi connectivity index (χ3v) is 1.72. The second-order valence-electron chi connectivity index (χ2n) is 3.18. The van der Waals surface area contributed by atoms with E-state index in [1.54, 1.807) is 13.0 Å². The van der Waals surface area contributed by atoms with Crippen molar-refractivity contribution in [1.82, 2.24) is 10.6 Å². The van der Waals surface area contributed by atoms with E-state index in [0.717, 1.165) is 6.54 Å².